The van der Waals surface area contributed by atoms with E-state index in [-0.39, 0.29) is 17.7 Å². The summed E-state index contributed by atoms with van der Waals surface area (Å²) in [5.41, 5.74) is 2.39. The van der Waals surface area contributed by atoms with Crippen LogP contribution in [0.5, 0.6) is 5.75 Å². The lowest BCUT2D eigenvalue weighted by Crippen LogP contribution is -2.50. The molecule has 0 atom stereocenters. The highest BCUT2D eigenvalue weighted by Crippen LogP contribution is 2.42. The number of likely N-dealkylation sites (tertiary alicyclic amines) is 1. The van der Waals surface area contributed by atoms with Crippen molar-refractivity contribution in [1.82, 2.24) is 14.8 Å². The van der Waals surface area contributed by atoms with Crippen LogP contribution >= 0.6 is 0 Å². The summed E-state index contributed by atoms with van der Waals surface area (Å²) in [6.07, 6.45) is 6.96. The van der Waals surface area contributed by atoms with Crippen molar-refractivity contribution in [2.45, 2.75) is 51.2 Å². The van der Waals surface area contributed by atoms with Crippen molar-refractivity contribution in [2.75, 3.05) is 31.6 Å². The Hall–Kier alpha value is -3.75. The molecular formula is C27H32N4O5. The van der Waals surface area contributed by atoms with Crippen LogP contribution in [0.4, 0.5) is 15.4 Å². The third-order valence-electron chi connectivity index (χ3n) is 6.61. The number of carbonyl (C=O) groups is 2. The van der Waals surface area contributed by atoms with E-state index in [1.807, 2.05) is 39.0 Å². The Morgan fingerprint density at radius 1 is 1.08 bits per heavy atom. The molecule has 190 valence electrons. The number of amides is 3. The van der Waals surface area contributed by atoms with Crippen molar-refractivity contribution in [3.05, 3.63) is 54.6 Å². The van der Waals surface area contributed by atoms with E-state index in [1.165, 1.54) is 6.26 Å². The molecule has 1 saturated heterocycles. The summed E-state index contributed by atoms with van der Waals surface area (Å²) in [6.45, 7) is 7.85. The maximum absolute atomic E-state index is 12.4. The van der Waals surface area contributed by atoms with Crippen LogP contribution in [0.1, 0.15) is 39.2 Å². The SMILES string of the molecule is CC(C)(C)OC(=O)N1CCC2(CC1)Cc1cc(-c3ccc(NC(=O)N4C=COCC4)nc3)ccc1O2. The van der Waals surface area contributed by atoms with E-state index in [0.717, 1.165) is 41.7 Å². The van der Waals surface area contributed by atoms with E-state index in [0.29, 0.717) is 32.1 Å². The van der Waals surface area contributed by atoms with Crippen molar-refractivity contribution in [3.63, 3.8) is 0 Å². The number of hydrogen-bond donors (Lipinski definition) is 1. The van der Waals surface area contributed by atoms with Crippen LogP contribution in [0.25, 0.3) is 11.1 Å². The summed E-state index contributed by atoms with van der Waals surface area (Å²) in [4.78, 5) is 32.5. The Morgan fingerprint density at radius 3 is 2.53 bits per heavy atom. The highest BCUT2D eigenvalue weighted by molar-refractivity contribution is 5.89. The Kier molecular flexibility index (Phi) is 6.24. The van der Waals surface area contributed by atoms with E-state index in [9.17, 15) is 9.59 Å². The van der Waals surface area contributed by atoms with Crippen LogP contribution in [0.15, 0.2) is 49.0 Å². The molecule has 0 unspecified atom stereocenters. The van der Waals surface area contributed by atoms with Gasteiger partial charge in [0.1, 0.15) is 29.4 Å². The number of nitrogens with zero attached hydrogens (tertiary/aromatic N) is 3. The number of urea groups is 1. The number of ether oxygens (including phenoxy) is 3. The van der Waals surface area contributed by atoms with Gasteiger partial charge >= 0.3 is 12.1 Å². The van der Waals surface area contributed by atoms with Gasteiger partial charge in [0, 0.05) is 50.3 Å². The van der Waals surface area contributed by atoms with Gasteiger partial charge < -0.3 is 19.1 Å². The third kappa shape index (κ3) is 5.24. The monoisotopic (exact) mass is 492 g/mol. The van der Waals surface area contributed by atoms with E-state index in [4.69, 9.17) is 14.2 Å². The lowest BCUT2D eigenvalue weighted by atomic mass is 9.87. The number of piperidine rings is 1. The Morgan fingerprint density at radius 2 is 1.86 bits per heavy atom. The molecule has 9 heteroatoms. The van der Waals surface area contributed by atoms with Gasteiger partial charge in [0.25, 0.3) is 0 Å². The first-order chi connectivity index (χ1) is 17.2. The fraction of sp³-hybridized carbons (Fsp3) is 0.444. The first-order valence-electron chi connectivity index (χ1n) is 12.3. The average Bonchev–Trinajstić information content (AvgIpc) is 3.21. The van der Waals surface area contributed by atoms with Crippen LogP contribution in [0.2, 0.25) is 0 Å². The molecule has 3 aliphatic heterocycles. The predicted octanol–water partition coefficient (Wildman–Crippen LogP) is 4.79. The molecule has 0 radical (unpaired) electrons. The van der Waals surface area contributed by atoms with Crippen molar-refractivity contribution < 1.29 is 23.8 Å². The van der Waals surface area contributed by atoms with Gasteiger partial charge in [0.05, 0.1) is 12.8 Å². The Balaban J connectivity index is 1.21. The van der Waals surface area contributed by atoms with Gasteiger partial charge in [-0.1, -0.05) is 6.07 Å². The molecule has 5 rings (SSSR count). The summed E-state index contributed by atoms with van der Waals surface area (Å²) >= 11 is 0. The molecule has 9 nitrogen and oxygen atoms in total. The standard InChI is InChI=1S/C27H32N4O5/c1-26(2,3)36-25(33)31-10-8-27(9-11-31)17-21-16-19(4-6-22(21)35-27)20-5-7-23(28-18-20)29-24(32)30-12-14-34-15-13-30/h4-7,12,14,16,18H,8-11,13,15,17H2,1-3H3,(H,28,29,32). The highest BCUT2D eigenvalue weighted by atomic mass is 16.6. The molecule has 1 spiro atoms. The van der Waals surface area contributed by atoms with Crippen molar-refractivity contribution >= 4 is 17.9 Å². The first-order valence-corrected chi connectivity index (χ1v) is 12.3. The third-order valence-corrected chi connectivity index (χ3v) is 6.61. The number of carbonyl (C=O) groups excluding carboxylic acids is 2. The molecule has 1 aromatic heterocycles. The van der Waals surface area contributed by atoms with Gasteiger partial charge in [-0.3, -0.25) is 10.2 Å². The molecule has 36 heavy (non-hydrogen) atoms. The summed E-state index contributed by atoms with van der Waals surface area (Å²) in [7, 11) is 0. The van der Waals surface area contributed by atoms with E-state index in [1.54, 1.807) is 28.3 Å². The molecule has 0 bridgehead atoms. The second kappa shape index (κ2) is 9.37. The molecule has 1 fully saturated rings. The van der Waals surface area contributed by atoms with E-state index in [2.05, 4.69) is 16.4 Å². The van der Waals surface area contributed by atoms with Gasteiger partial charge in [-0.25, -0.2) is 14.6 Å². The van der Waals surface area contributed by atoms with Crippen molar-refractivity contribution in [1.29, 1.82) is 0 Å². The fourth-order valence-corrected chi connectivity index (χ4v) is 4.71. The number of nitrogens with one attached hydrogen (secondary N) is 1. The number of benzene rings is 1. The topological polar surface area (TPSA) is 93.2 Å². The lowest BCUT2D eigenvalue weighted by molar-refractivity contribution is -0.00887. The normalized spacial score (nSPS) is 18.3. The molecule has 3 aliphatic rings. The molecule has 0 aliphatic carbocycles. The van der Waals surface area contributed by atoms with Gasteiger partial charge in [-0.15, -0.1) is 0 Å². The minimum Gasteiger partial charge on any atom is -0.498 e. The number of hydrogen-bond acceptors (Lipinski definition) is 6. The summed E-state index contributed by atoms with van der Waals surface area (Å²) in [6, 6.07) is 9.70. The van der Waals surface area contributed by atoms with E-state index < -0.39 is 5.60 Å². The lowest BCUT2D eigenvalue weighted by Gasteiger charge is -2.39. The fourth-order valence-electron chi connectivity index (χ4n) is 4.71. The van der Waals surface area contributed by atoms with Crippen LogP contribution in [0, 0.1) is 0 Å². The zero-order chi connectivity index (χ0) is 25.3. The zero-order valence-electron chi connectivity index (χ0n) is 21.0. The predicted molar refractivity (Wildman–Crippen MR) is 135 cm³/mol. The highest BCUT2D eigenvalue weighted by Gasteiger charge is 2.43. The van der Waals surface area contributed by atoms with Gasteiger partial charge in [-0.2, -0.15) is 0 Å². The first kappa shape index (κ1) is 24.0. The minimum absolute atomic E-state index is 0.243. The smallest absolute Gasteiger partial charge is 0.410 e. The quantitative estimate of drug-likeness (QED) is 0.648. The molecule has 1 aromatic carbocycles. The second-order valence-electron chi connectivity index (χ2n) is 10.5. The number of pyridine rings is 1. The number of aromatic nitrogens is 1. The summed E-state index contributed by atoms with van der Waals surface area (Å²) in [5.74, 6) is 1.39. The summed E-state index contributed by atoms with van der Waals surface area (Å²) in [5, 5.41) is 2.81. The minimum atomic E-state index is -0.499. The Bertz CT molecular complexity index is 1160. The maximum Gasteiger partial charge on any atom is 0.410 e. The second-order valence-corrected chi connectivity index (χ2v) is 10.5. The molecule has 3 amide bonds. The molecular weight excluding hydrogens is 460 g/mol. The van der Waals surface area contributed by atoms with Gasteiger partial charge in [-0.05, 0) is 56.2 Å². The molecule has 2 aromatic rings. The van der Waals surface area contributed by atoms with Crippen molar-refractivity contribution in [2.24, 2.45) is 0 Å². The molecule has 4 heterocycles. The molecule has 1 N–H and O–H groups in total. The van der Waals surface area contributed by atoms with Gasteiger partial charge in [0.2, 0.25) is 0 Å². The maximum atomic E-state index is 12.4. The van der Waals surface area contributed by atoms with Crippen LogP contribution in [-0.2, 0) is 15.9 Å². The van der Waals surface area contributed by atoms with Crippen LogP contribution in [-0.4, -0.2) is 64.4 Å². The van der Waals surface area contributed by atoms with Gasteiger partial charge in [0.15, 0.2) is 0 Å². The Labute approximate surface area is 211 Å². The number of anilines is 1. The van der Waals surface area contributed by atoms with E-state index >= 15 is 0 Å². The van der Waals surface area contributed by atoms with Crippen molar-refractivity contribution in [3.8, 4) is 16.9 Å². The number of fused-ring (bicyclic) bond motifs is 1. The molecule has 0 saturated carbocycles. The zero-order valence-corrected chi connectivity index (χ0v) is 21.0. The summed E-state index contributed by atoms with van der Waals surface area (Å²) < 4.78 is 17.1. The largest absolute Gasteiger partial charge is 0.498 e. The van der Waals surface area contributed by atoms with Crippen LogP contribution < -0.4 is 10.1 Å². The number of rotatable bonds is 2. The van der Waals surface area contributed by atoms with Crippen LogP contribution in [0.3, 0.4) is 0 Å². The average molecular weight is 493 g/mol.